The zero-order chi connectivity index (χ0) is 27.9. The van der Waals surface area contributed by atoms with Crippen molar-refractivity contribution in [2.24, 2.45) is 0 Å². The molecule has 3 aromatic rings. The average Bonchev–Trinajstić information content (AvgIpc) is 2.88. The van der Waals surface area contributed by atoms with E-state index in [2.05, 4.69) is 5.32 Å². The highest BCUT2D eigenvalue weighted by atomic mass is 35.5. The highest BCUT2D eigenvalue weighted by Crippen LogP contribution is 2.25. The number of nitrogens with zero attached hydrogens (tertiary/aromatic N) is 2. The number of rotatable bonds is 11. The Morgan fingerprint density at radius 3 is 2.11 bits per heavy atom. The molecule has 0 aliphatic heterocycles. The van der Waals surface area contributed by atoms with Crippen molar-refractivity contribution in [3.63, 3.8) is 0 Å². The van der Waals surface area contributed by atoms with Crippen LogP contribution in [0.2, 0.25) is 5.02 Å². The van der Waals surface area contributed by atoms with Crippen LogP contribution in [0.25, 0.3) is 0 Å². The Morgan fingerprint density at radius 2 is 1.55 bits per heavy atom. The van der Waals surface area contributed by atoms with E-state index in [0.29, 0.717) is 17.0 Å². The van der Waals surface area contributed by atoms with Crippen molar-refractivity contribution in [3.8, 4) is 0 Å². The van der Waals surface area contributed by atoms with Gasteiger partial charge in [0.2, 0.25) is 11.8 Å². The van der Waals surface area contributed by atoms with Gasteiger partial charge in [0.1, 0.15) is 18.4 Å². The lowest BCUT2D eigenvalue weighted by atomic mass is 10.1. The van der Waals surface area contributed by atoms with Gasteiger partial charge in [-0.3, -0.25) is 13.9 Å². The second kappa shape index (κ2) is 12.9. The molecule has 0 aliphatic carbocycles. The first kappa shape index (κ1) is 29.1. The fourth-order valence-electron chi connectivity index (χ4n) is 3.94. The largest absolute Gasteiger partial charge is 0.352 e. The second-order valence-corrected chi connectivity index (χ2v) is 11.3. The zero-order valence-corrected chi connectivity index (χ0v) is 23.0. The van der Waals surface area contributed by atoms with Gasteiger partial charge in [-0.1, -0.05) is 48.9 Å². The molecule has 0 aliphatic rings. The van der Waals surface area contributed by atoms with Crippen molar-refractivity contribution in [1.82, 2.24) is 10.2 Å². The molecule has 0 saturated carbocycles. The zero-order valence-electron chi connectivity index (χ0n) is 21.5. The summed E-state index contributed by atoms with van der Waals surface area (Å²) in [4.78, 5) is 28.2. The third-order valence-electron chi connectivity index (χ3n) is 5.81. The van der Waals surface area contributed by atoms with Gasteiger partial charge in [0.25, 0.3) is 10.0 Å². The topological polar surface area (TPSA) is 86.8 Å². The van der Waals surface area contributed by atoms with E-state index in [4.69, 9.17) is 11.6 Å². The Morgan fingerprint density at radius 1 is 0.947 bits per heavy atom. The first-order valence-corrected chi connectivity index (χ1v) is 14.0. The van der Waals surface area contributed by atoms with Crippen molar-refractivity contribution in [1.29, 1.82) is 0 Å². The van der Waals surface area contributed by atoms with E-state index in [0.717, 1.165) is 4.31 Å². The fourth-order valence-corrected chi connectivity index (χ4v) is 5.48. The maximum atomic E-state index is 13.9. The van der Waals surface area contributed by atoms with E-state index in [1.54, 1.807) is 37.3 Å². The highest BCUT2D eigenvalue weighted by Gasteiger charge is 2.33. The van der Waals surface area contributed by atoms with E-state index in [9.17, 15) is 22.4 Å². The van der Waals surface area contributed by atoms with Gasteiger partial charge in [0, 0.05) is 17.6 Å². The van der Waals surface area contributed by atoms with Crippen LogP contribution in [0.3, 0.4) is 0 Å². The maximum absolute atomic E-state index is 13.9. The van der Waals surface area contributed by atoms with E-state index < -0.39 is 34.3 Å². The molecule has 3 rings (SSSR count). The first-order chi connectivity index (χ1) is 18.0. The molecule has 202 valence electrons. The summed E-state index contributed by atoms with van der Waals surface area (Å²) in [7, 11) is -4.17. The quantitative estimate of drug-likeness (QED) is 0.358. The summed E-state index contributed by atoms with van der Waals surface area (Å²) in [5.74, 6) is -1.37. The Bertz CT molecular complexity index is 1330. The Balaban J connectivity index is 2.03. The number of sulfonamides is 1. The minimum absolute atomic E-state index is 0.00719. The molecule has 0 fully saturated rings. The molecule has 0 bridgehead atoms. The number of anilines is 1. The Kier molecular flexibility index (Phi) is 9.88. The van der Waals surface area contributed by atoms with E-state index in [1.165, 1.54) is 53.4 Å². The van der Waals surface area contributed by atoms with Gasteiger partial charge in [0.15, 0.2) is 0 Å². The van der Waals surface area contributed by atoms with Crippen molar-refractivity contribution >= 4 is 39.1 Å². The van der Waals surface area contributed by atoms with Crippen LogP contribution < -0.4 is 9.62 Å². The van der Waals surface area contributed by atoms with Gasteiger partial charge >= 0.3 is 0 Å². The summed E-state index contributed by atoms with van der Waals surface area (Å²) in [6, 6.07) is 18.5. The van der Waals surface area contributed by atoms with Gasteiger partial charge in [-0.25, -0.2) is 12.8 Å². The highest BCUT2D eigenvalue weighted by molar-refractivity contribution is 7.92. The molecule has 0 spiro atoms. The van der Waals surface area contributed by atoms with Crippen LogP contribution in [0.4, 0.5) is 10.1 Å². The monoisotopic (exact) mass is 559 g/mol. The lowest BCUT2D eigenvalue weighted by molar-refractivity contribution is -0.140. The third-order valence-corrected chi connectivity index (χ3v) is 7.85. The molecule has 3 aromatic carbocycles. The molecule has 0 radical (unpaired) electrons. The predicted molar refractivity (Wildman–Crippen MR) is 147 cm³/mol. The Labute approximate surface area is 228 Å². The summed E-state index contributed by atoms with van der Waals surface area (Å²) in [5.41, 5.74) is 0.888. The second-order valence-electron chi connectivity index (χ2n) is 9.04. The minimum atomic E-state index is -4.17. The lowest BCUT2D eigenvalue weighted by Crippen LogP contribution is -2.53. The van der Waals surface area contributed by atoms with Crippen molar-refractivity contribution in [2.45, 2.75) is 50.7 Å². The number of carbonyl (C=O) groups is 2. The number of hydrogen-bond acceptors (Lipinski definition) is 4. The standard InChI is InChI=1S/C28H31ClFN3O4S/c1-4-26(28(35)31-20(2)3)32(18-21-10-14-23(30)15-11-21)27(34)19-33(24-8-6-5-7-9-24)38(36,37)25-16-12-22(29)13-17-25/h5-17,20,26H,4,18-19H2,1-3H3,(H,31,35)/t26-/m0/s1. The SMILES string of the molecule is CC[C@@H](C(=O)NC(C)C)N(Cc1ccc(F)cc1)C(=O)CN(c1ccccc1)S(=O)(=O)c1ccc(Cl)cc1. The molecule has 0 unspecified atom stereocenters. The van der Waals surface area contributed by atoms with Gasteiger partial charge < -0.3 is 10.2 Å². The van der Waals surface area contributed by atoms with Gasteiger partial charge in [0.05, 0.1) is 10.6 Å². The maximum Gasteiger partial charge on any atom is 0.264 e. The van der Waals surface area contributed by atoms with Crippen molar-refractivity contribution in [2.75, 3.05) is 10.8 Å². The summed E-state index contributed by atoms with van der Waals surface area (Å²) >= 11 is 5.96. The molecule has 10 heteroatoms. The molecule has 0 heterocycles. The molecule has 2 amide bonds. The molecule has 7 nitrogen and oxygen atoms in total. The van der Waals surface area contributed by atoms with Crippen molar-refractivity contribution < 1.29 is 22.4 Å². The summed E-state index contributed by atoms with van der Waals surface area (Å²) in [6.07, 6.45) is 0.292. The van der Waals surface area contributed by atoms with Crippen LogP contribution in [0, 0.1) is 5.82 Å². The molecule has 1 atom stereocenters. The average molecular weight is 560 g/mol. The van der Waals surface area contributed by atoms with Crippen LogP contribution in [0.5, 0.6) is 0 Å². The number of hydrogen-bond donors (Lipinski definition) is 1. The smallest absolute Gasteiger partial charge is 0.264 e. The lowest BCUT2D eigenvalue weighted by Gasteiger charge is -2.33. The van der Waals surface area contributed by atoms with Gasteiger partial charge in [-0.15, -0.1) is 0 Å². The number of carbonyl (C=O) groups excluding carboxylic acids is 2. The molecular formula is C28H31ClFN3O4S. The first-order valence-electron chi connectivity index (χ1n) is 12.2. The minimum Gasteiger partial charge on any atom is -0.352 e. The summed E-state index contributed by atoms with van der Waals surface area (Å²) in [5, 5.41) is 3.21. The molecule has 38 heavy (non-hydrogen) atoms. The third kappa shape index (κ3) is 7.33. The van der Waals surface area contributed by atoms with Gasteiger partial charge in [-0.05, 0) is 74.4 Å². The number of para-hydroxylation sites is 1. The van der Waals surface area contributed by atoms with Crippen LogP contribution in [-0.2, 0) is 26.2 Å². The van der Waals surface area contributed by atoms with Gasteiger partial charge in [-0.2, -0.15) is 0 Å². The van der Waals surface area contributed by atoms with E-state index >= 15 is 0 Å². The fraction of sp³-hybridized carbons (Fsp3) is 0.286. The molecule has 1 N–H and O–H groups in total. The van der Waals surface area contributed by atoms with Crippen molar-refractivity contribution in [3.05, 3.63) is 95.3 Å². The molecular weight excluding hydrogens is 529 g/mol. The number of benzene rings is 3. The summed E-state index contributed by atoms with van der Waals surface area (Å²) in [6.45, 7) is 4.84. The van der Waals surface area contributed by atoms with Crippen LogP contribution in [-0.4, -0.2) is 43.8 Å². The summed E-state index contributed by atoms with van der Waals surface area (Å²) < 4.78 is 42.0. The van der Waals surface area contributed by atoms with Crippen LogP contribution >= 0.6 is 11.6 Å². The van der Waals surface area contributed by atoms with Crippen LogP contribution in [0.15, 0.2) is 83.8 Å². The normalized spacial score (nSPS) is 12.2. The number of halogens is 2. The molecule has 0 saturated heterocycles. The Hall–Kier alpha value is -3.43. The predicted octanol–water partition coefficient (Wildman–Crippen LogP) is 5.01. The number of amides is 2. The van der Waals surface area contributed by atoms with E-state index in [1.807, 2.05) is 13.8 Å². The number of nitrogens with one attached hydrogen (secondary N) is 1. The van der Waals surface area contributed by atoms with Crippen LogP contribution in [0.1, 0.15) is 32.8 Å². The molecule has 0 aromatic heterocycles. The van der Waals surface area contributed by atoms with E-state index in [-0.39, 0.29) is 29.1 Å².